The maximum Gasteiger partial charge on any atom is 0.420 e. The third-order valence-corrected chi connectivity index (χ3v) is 5.97. The van der Waals surface area contributed by atoms with Crippen molar-refractivity contribution in [1.29, 1.82) is 0 Å². The zero-order valence-electron chi connectivity index (χ0n) is 20.4. The molecule has 1 fully saturated rings. The molecule has 2 amide bonds. The standard InChI is InChI=1S/C25H23F3N4O7/c1-37-16-6-7-19(18(10-16)25(26,27)28)39-15-4-2-14(3-5-15)11-29-22(35)24(8-9-38-13-24)32-21(34)17-12-30-23(36)31-20(17)33/h2-7,10,12H,8-9,11,13H2,1H3,(H,29,35)(H,32,34)(H2,30,31,33,36). The van der Waals surface area contributed by atoms with E-state index in [-0.39, 0.29) is 43.2 Å². The van der Waals surface area contributed by atoms with Crippen molar-refractivity contribution in [3.8, 4) is 17.2 Å². The number of carbonyl (C=O) groups is 2. The first kappa shape index (κ1) is 27.4. The number of benzene rings is 2. The Morgan fingerprint density at radius 2 is 1.82 bits per heavy atom. The maximum atomic E-state index is 13.4. The summed E-state index contributed by atoms with van der Waals surface area (Å²) in [5.41, 5.74) is -3.92. The van der Waals surface area contributed by atoms with Crippen LogP contribution in [-0.4, -0.2) is 47.6 Å². The first-order valence-corrected chi connectivity index (χ1v) is 11.5. The van der Waals surface area contributed by atoms with Gasteiger partial charge in [-0.1, -0.05) is 12.1 Å². The quantitative estimate of drug-likeness (QED) is 0.337. The highest BCUT2D eigenvalue weighted by Crippen LogP contribution is 2.40. The van der Waals surface area contributed by atoms with E-state index in [9.17, 15) is 32.3 Å². The SMILES string of the molecule is COc1ccc(Oc2ccc(CNC(=O)C3(NC(=O)c4c[nH]c(=O)[nH]c4=O)CCOC3)cc2)c(C(F)(F)F)c1. The Bertz CT molecular complexity index is 1480. The summed E-state index contributed by atoms with van der Waals surface area (Å²) in [6, 6.07) is 9.37. The third-order valence-electron chi connectivity index (χ3n) is 5.97. The minimum absolute atomic E-state index is 0.0201. The van der Waals surface area contributed by atoms with E-state index in [0.717, 1.165) is 18.3 Å². The number of aromatic nitrogens is 2. The summed E-state index contributed by atoms with van der Waals surface area (Å²) in [5, 5.41) is 5.22. The van der Waals surface area contributed by atoms with Crippen molar-refractivity contribution in [3.63, 3.8) is 0 Å². The topological polar surface area (TPSA) is 152 Å². The molecule has 0 saturated carbocycles. The smallest absolute Gasteiger partial charge is 0.420 e. The van der Waals surface area contributed by atoms with Crippen LogP contribution >= 0.6 is 0 Å². The molecular formula is C25H23F3N4O7. The van der Waals surface area contributed by atoms with E-state index in [4.69, 9.17) is 14.2 Å². The number of H-pyrrole nitrogens is 2. The summed E-state index contributed by atoms with van der Waals surface area (Å²) in [5.74, 6) is -1.66. The molecular weight excluding hydrogens is 525 g/mol. The zero-order valence-corrected chi connectivity index (χ0v) is 20.4. The lowest BCUT2D eigenvalue weighted by atomic mass is 9.96. The van der Waals surface area contributed by atoms with Crippen LogP contribution in [0.4, 0.5) is 13.2 Å². The second-order valence-electron chi connectivity index (χ2n) is 8.61. The van der Waals surface area contributed by atoms with Gasteiger partial charge in [-0.2, -0.15) is 13.2 Å². The van der Waals surface area contributed by atoms with Crippen molar-refractivity contribution in [1.82, 2.24) is 20.6 Å². The highest BCUT2D eigenvalue weighted by atomic mass is 19.4. The van der Waals surface area contributed by atoms with Gasteiger partial charge in [-0.15, -0.1) is 0 Å². The second kappa shape index (κ2) is 11.0. The first-order chi connectivity index (χ1) is 18.5. The fraction of sp³-hybridized carbons (Fsp3) is 0.280. The molecule has 0 aliphatic carbocycles. The monoisotopic (exact) mass is 548 g/mol. The van der Waals surface area contributed by atoms with Crippen molar-refractivity contribution in [2.45, 2.75) is 24.7 Å². The third kappa shape index (κ3) is 6.29. The molecule has 39 heavy (non-hydrogen) atoms. The van der Waals surface area contributed by atoms with E-state index in [1.54, 1.807) is 12.1 Å². The number of halogens is 3. The van der Waals surface area contributed by atoms with Gasteiger partial charge in [0.05, 0.1) is 13.7 Å². The van der Waals surface area contributed by atoms with Gasteiger partial charge in [-0.05, 0) is 35.9 Å². The molecule has 2 heterocycles. The summed E-state index contributed by atoms with van der Waals surface area (Å²) in [7, 11) is 1.26. The van der Waals surface area contributed by atoms with Gasteiger partial charge in [0.25, 0.3) is 11.5 Å². The van der Waals surface area contributed by atoms with Crippen LogP contribution in [0.3, 0.4) is 0 Å². The zero-order chi connectivity index (χ0) is 28.2. The second-order valence-corrected chi connectivity index (χ2v) is 8.61. The first-order valence-electron chi connectivity index (χ1n) is 11.5. The molecule has 1 aliphatic rings. The van der Waals surface area contributed by atoms with E-state index < -0.39 is 46.1 Å². The van der Waals surface area contributed by atoms with Gasteiger partial charge in [0, 0.05) is 25.8 Å². The fourth-order valence-corrected chi connectivity index (χ4v) is 3.86. The van der Waals surface area contributed by atoms with Crippen LogP contribution in [0.1, 0.15) is 27.9 Å². The number of hydrogen-bond acceptors (Lipinski definition) is 7. The van der Waals surface area contributed by atoms with Crippen molar-refractivity contribution < 1.29 is 37.0 Å². The Hall–Kier alpha value is -4.59. The van der Waals surface area contributed by atoms with E-state index in [1.807, 2.05) is 4.98 Å². The minimum atomic E-state index is -4.66. The van der Waals surface area contributed by atoms with E-state index >= 15 is 0 Å². The Morgan fingerprint density at radius 1 is 1.10 bits per heavy atom. The largest absolute Gasteiger partial charge is 0.497 e. The predicted molar refractivity (Wildman–Crippen MR) is 130 cm³/mol. The molecule has 0 spiro atoms. The molecule has 1 saturated heterocycles. The van der Waals surface area contributed by atoms with Gasteiger partial charge in [0.15, 0.2) is 0 Å². The van der Waals surface area contributed by atoms with E-state index in [1.165, 1.54) is 25.3 Å². The highest BCUT2D eigenvalue weighted by molar-refractivity contribution is 5.99. The van der Waals surface area contributed by atoms with Gasteiger partial charge < -0.3 is 29.8 Å². The van der Waals surface area contributed by atoms with Crippen LogP contribution in [0.25, 0.3) is 0 Å². The molecule has 4 N–H and O–H groups in total. The van der Waals surface area contributed by atoms with Gasteiger partial charge in [0.2, 0.25) is 5.91 Å². The Kier molecular flexibility index (Phi) is 7.76. The lowest BCUT2D eigenvalue weighted by molar-refractivity contribution is -0.138. The molecule has 1 atom stereocenters. The Balaban J connectivity index is 1.42. The molecule has 4 rings (SSSR count). The molecule has 0 bridgehead atoms. The molecule has 3 aromatic rings. The summed E-state index contributed by atoms with van der Waals surface area (Å²) < 4.78 is 55.9. The molecule has 11 nitrogen and oxygen atoms in total. The molecule has 2 aromatic carbocycles. The highest BCUT2D eigenvalue weighted by Gasteiger charge is 2.44. The average molecular weight is 548 g/mol. The van der Waals surface area contributed by atoms with Crippen LogP contribution in [0, 0.1) is 0 Å². The van der Waals surface area contributed by atoms with E-state index in [2.05, 4.69) is 15.6 Å². The number of rotatable bonds is 8. The van der Waals surface area contributed by atoms with Gasteiger partial charge >= 0.3 is 11.9 Å². The molecule has 206 valence electrons. The Labute approximate surface area is 218 Å². The summed E-state index contributed by atoms with van der Waals surface area (Å²) >= 11 is 0. The normalized spacial score (nSPS) is 16.9. The number of nitrogens with one attached hydrogen (secondary N) is 4. The lowest BCUT2D eigenvalue weighted by Gasteiger charge is -2.27. The molecule has 1 aliphatic heterocycles. The molecule has 1 aromatic heterocycles. The van der Waals surface area contributed by atoms with Crippen LogP contribution in [0.15, 0.2) is 58.3 Å². The Morgan fingerprint density at radius 3 is 2.44 bits per heavy atom. The number of ether oxygens (including phenoxy) is 3. The predicted octanol–water partition coefficient (Wildman–Crippen LogP) is 2.09. The molecule has 14 heteroatoms. The lowest BCUT2D eigenvalue weighted by Crippen LogP contribution is -2.59. The van der Waals surface area contributed by atoms with E-state index in [0.29, 0.717) is 5.56 Å². The molecule has 0 radical (unpaired) electrons. The number of hydrogen-bond donors (Lipinski definition) is 4. The van der Waals surface area contributed by atoms with Gasteiger partial charge in [-0.3, -0.25) is 19.4 Å². The minimum Gasteiger partial charge on any atom is -0.497 e. The number of alkyl halides is 3. The number of carbonyl (C=O) groups excluding carboxylic acids is 2. The van der Waals surface area contributed by atoms with Crippen LogP contribution in [0.2, 0.25) is 0 Å². The number of amides is 2. The molecule has 1 unspecified atom stereocenters. The average Bonchev–Trinajstić information content (AvgIpc) is 3.37. The van der Waals surface area contributed by atoms with Crippen LogP contribution in [-0.2, 0) is 22.3 Å². The maximum absolute atomic E-state index is 13.4. The van der Waals surface area contributed by atoms with Crippen molar-refractivity contribution in [2.24, 2.45) is 0 Å². The van der Waals surface area contributed by atoms with Crippen molar-refractivity contribution >= 4 is 11.8 Å². The van der Waals surface area contributed by atoms with Crippen LogP contribution < -0.4 is 31.4 Å². The fourth-order valence-electron chi connectivity index (χ4n) is 3.86. The van der Waals surface area contributed by atoms with Crippen LogP contribution in [0.5, 0.6) is 17.2 Å². The number of aromatic amines is 2. The van der Waals surface area contributed by atoms with Crippen molar-refractivity contribution in [2.75, 3.05) is 20.3 Å². The summed E-state index contributed by atoms with van der Waals surface area (Å²) in [6.07, 6.45) is -3.57. The number of methoxy groups -OCH3 is 1. The van der Waals surface area contributed by atoms with Gasteiger partial charge in [-0.25, -0.2) is 4.79 Å². The van der Waals surface area contributed by atoms with Gasteiger partial charge in [0.1, 0.15) is 33.9 Å². The van der Waals surface area contributed by atoms with Crippen molar-refractivity contribution in [3.05, 3.63) is 86.2 Å². The summed E-state index contributed by atoms with van der Waals surface area (Å²) in [6.45, 7) is 0.0707. The summed E-state index contributed by atoms with van der Waals surface area (Å²) in [4.78, 5) is 53.0.